The van der Waals surface area contributed by atoms with E-state index in [1.54, 1.807) is 6.20 Å². The molecule has 7 heteroatoms. The highest BCUT2D eigenvalue weighted by Crippen LogP contribution is 2.22. The zero-order chi connectivity index (χ0) is 14.7. The number of nitrogens with one attached hydrogen (secondary N) is 2. The van der Waals surface area contributed by atoms with Crippen molar-refractivity contribution in [3.8, 4) is 11.3 Å². The van der Waals surface area contributed by atoms with Crippen molar-refractivity contribution in [2.75, 3.05) is 18.5 Å². The molecule has 1 aromatic heterocycles. The Morgan fingerprint density at radius 1 is 1.45 bits per heavy atom. The summed E-state index contributed by atoms with van der Waals surface area (Å²) in [6.45, 7) is 3.20. The smallest absolute Gasteiger partial charge is 0.244 e. The van der Waals surface area contributed by atoms with Crippen molar-refractivity contribution in [1.29, 1.82) is 0 Å². The van der Waals surface area contributed by atoms with Gasteiger partial charge >= 0.3 is 0 Å². The average molecular weight is 324 g/mol. The van der Waals surface area contributed by atoms with Gasteiger partial charge in [-0.1, -0.05) is 12.1 Å². The summed E-state index contributed by atoms with van der Waals surface area (Å²) in [4.78, 5) is 16.2. The molecule has 1 amide bonds. The number of hydrogen-bond acceptors (Lipinski definition) is 5. The highest BCUT2D eigenvalue weighted by atomic mass is 35.5. The fourth-order valence-corrected chi connectivity index (χ4v) is 2.36. The summed E-state index contributed by atoms with van der Waals surface area (Å²) >= 11 is 0. The maximum absolute atomic E-state index is 12.3. The first kappa shape index (κ1) is 16.5. The van der Waals surface area contributed by atoms with Gasteiger partial charge in [-0.25, -0.2) is 4.98 Å². The number of aromatic nitrogens is 1. The minimum atomic E-state index is -0.340. The van der Waals surface area contributed by atoms with Gasteiger partial charge in [0.1, 0.15) is 6.04 Å². The van der Waals surface area contributed by atoms with E-state index in [9.17, 15) is 4.79 Å². The van der Waals surface area contributed by atoms with Crippen molar-refractivity contribution >= 4 is 24.0 Å². The van der Waals surface area contributed by atoms with Crippen LogP contribution in [0.1, 0.15) is 6.92 Å². The van der Waals surface area contributed by atoms with E-state index in [-0.39, 0.29) is 30.5 Å². The number of oxazole rings is 1. The zero-order valence-corrected chi connectivity index (χ0v) is 12.9. The Morgan fingerprint density at radius 2 is 2.32 bits per heavy atom. The van der Waals surface area contributed by atoms with Gasteiger partial charge in [-0.2, -0.15) is 0 Å². The maximum Gasteiger partial charge on any atom is 0.244 e. The van der Waals surface area contributed by atoms with Crippen LogP contribution in [0, 0.1) is 0 Å². The first-order chi connectivity index (χ1) is 10.2. The summed E-state index contributed by atoms with van der Waals surface area (Å²) in [6, 6.07) is 7.12. The highest BCUT2D eigenvalue weighted by molar-refractivity contribution is 5.95. The lowest BCUT2D eigenvalue weighted by Gasteiger charge is -2.29. The van der Waals surface area contributed by atoms with E-state index in [4.69, 9.17) is 9.15 Å². The van der Waals surface area contributed by atoms with E-state index in [0.717, 1.165) is 5.56 Å². The highest BCUT2D eigenvalue weighted by Gasteiger charge is 2.28. The van der Waals surface area contributed by atoms with Crippen LogP contribution in [-0.2, 0) is 9.53 Å². The standard InChI is InChI=1S/C15H17N3O3.ClH/c1-10-14(17-5-6-20-10)15(19)18-12-4-2-3-11(7-12)13-8-16-9-21-13;/h2-4,7-10,14,17H,5-6H2,1H3,(H,18,19);1H/t10-,14+;/m1./s1. The molecule has 1 fully saturated rings. The first-order valence-electron chi connectivity index (χ1n) is 6.89. The Morgan fingerprint density at radius 3 is 3.05 bits per heavy atom. The third kappa shape index (κ3) is 3.65. The van der Waals surface area contributed by atoms with E-state index in [0.29, 0.717) is 24.6 Å². The Labute approximate surface area is 134 Å². The van der Waals surface area contributed by atoms with Crippen molar-refractivity contribution in [3.05, 3.63) is 36.9 Å². The monoisotopic (exact) mass is 323 g/mol. The molecule has 1 aliphatic heterocycles. The minimum Gasteiger partial charge on any atom is -0.444 e. The second kappa shape index (κ2) is 7.40. The largest absolute Gasteiger partial charge is 0.444 e. The number of ether oxygens (including phenoxy) is 1. The van der Waals surface area contributed by atoms with Gasteiger partial charge in [0.15, 0.2) is 12.2 Å². The van der Waals surface area contributed by atoms with Crippen LogP contribution in [0.25, 0.3) is 11.3 Å². The number of carbonyl (C=O) groups is 1. The van der Waals surface area contributed by atoms with E-state index < -0.39 is 0 Å². The zero-order valence-electron chi connectivity index (χ0n) is 12.1. The molecule has 118 valence electrons. The lowest BCUT2D eigenvalue weighted by Crippen LogP contribution is -2.53. The molecule has 2 aromatic rings. The van der Waals surface area contributed by atoms with Gasteiger partial charge in [0, 0.05) is 17.8 Å². The molecule has 2 N–H and O–H groups in total. The predicted octanol–water partition coefficient (Wildman–Crippen LogP) is 2.08. The number of halogens is 1. The second-order valence-electron chi connectivity index (χ2n) is 4.94. The summed E-state index contributed by atoms with van der Waals surface area (Å²) in [6.07, 6.45) is 2.88. The second-order valence-corrected chi connectivity index (χ2v) is 4.94. The Bertz CT molecular complexity index is 618. The molecule has 3 rings (SSSR count). The summed E-state index contributed by atoms with van der Waals surface area (Å²) in [5.74, 6) is 0.565. The molecule has 1 saturated heterocycles. The van der Waals surface area contributed by atoms with Gasteiger partial charge in [-0.15, -0.1) is 12.4 Å². The minimum absolute atomic E-state index is 0. The van der Waals surface area contributed by atoms with Crippen molar-refractivity contribution in [3.63, 3.8) is 0 Å². The van der Waals surface area contributed by atoms with Crippen LogP contribution in [0.5, 0.6) is 0 Å². The first-order valence-corrected chi connectivity index (χ1v) is 6.89. The summed E-state index contributed by atoms with van der Waals surface area (Å²) in [5, 5.41) is 6.07. The van der Waals surface area contributed by atoms with E-state index in [1.165, 1.54) is 6.39 Å². The van der Waals surface area contributed by atoms with Gasteiger partial charge < -0.3 is 19.8 Å². The molecule has 2 heterocycles. The molecule has 6 nitrogen and oxygen atoms in total. The molecule has 0 unspecified atom stereocenters. The van der Waals surface area contributed by atoms with Gasteiger partial charge in [0.25, 0.3) is 0 Å². The number of nitrogens with zero attached hydrogens (tertiary/aromatic N) is 1. The van der Waals surface area contributed by atoms with Crippen LogP contribution in [0.3, 0.4) is 0 Å². The SMILES string of the molecule is C[C@H]1OCCN[C@@H]1C(=O)Nc1cccc(-c2cnco2)c1.Cl. The third-order valence-electron chi connectivity index (χ3n) is 3.45. The van der Waals surface area contributed by atoms with Crippen LogP contribution in [0.2, 0.25) is 0 Å². The van der Waals surface area contributed by atoms with Crippen LogP contribution in [-0.4, -0.2) is 36.2 Å². The van der Waals surface area contributed by atoms with Crippen LogP contribution in [0.15, 0.2) is 41.3 Å². The maximum atomic E-state index is 12.3. The molecule has 0 saturated carbocycles. The summed E-state index contributed by atoms with van der Waals surface area (Å²) in [7, 11) is 0. The predicted molar refractivity (Wildman–Crippen MR) is 85.0 cm³/mol. The van der Waals surface area contributed by atoms with E-state index >= 15 is 0 Å². The molecule has 0 bridgehead atoms. The number of amides is 1. The molecule has 0 spiro atoms. The number of benzene rings is 1. The number of morpholine rings is 1. The van der Waals surface area contributed by atoms with Gasteiger partial charge in [0.2, 0.25) is 5.91 Å². The average Bonchev–Trinajstić information content (AvgIpc) is 3.02. The van der Waals surface area contributed by atoms with Crippen molar-refractivity contribution < 1.29 is 13.9 Å². The fourth-order valence-electron chi connectivity index (χ4n) is 2.36. The summed E-state index contributed by atoms with van der Waals surface area (Å²) in [5.41, 5.74) is 1.58. The van der Waals surface area contributed by atoms with Crippen LogP contribution >= 0.6 is 12.4 Å². The molecular formula is C15H18ClN3O3. The lowest BCUT2D eigenvalue weighted by atomic mass is 10.1. The van der Waals surface area contributed by atoms with Crippen molar-refractivity contribution in [1.82, 2.24) is 10.3 Å². The molecular weight excluding hydrogens is 306 g/mol. The lowest BCUT2D eigenvalue weighted by molar-refractivity contribution is -0.123. The van der Waals surface area contributed by atoms with Gasteiger partial charge in [-0.3, -0.25) is 4.79 Å². The molecule has 22 heavy (non-hydrogen) atoms. The molecule has 1 aliphatic rings. The number of rotatable bonds is 3. The number of carbonyl (C=O) groups excluding carboxylic acids is 1. The number of hydrogen-bond donors (Lipinski definition) is 2. The van der Waals surface area contributed by atoms with Gasteiger partial charge in [-0.05, 0) is 19.1 Å². The normalized spacial score (nSPS) is 21.0. The number of anilines is 1. The van der Waals surface area contributed by atoms with E-state index in [2.05, 4.69) is 15.6 Å². The van der Waals surface area contributed by atoms with Gasteiger partial charge in [0.05, 0.1) is 18.9 Å². The van der Waals surface area contributed by atoms with Crippen molar-refractivity contribution in [2.24, 2.45) is 0 Å². The third-order valence-corrected chi connectivity index (χ3v) is 3.45. The molecule has 2 atom stereocenters. The quantitative estimate of drug-likeness (QED) is 0.904. The Hall–Kier alpha value is -1.89. The molecule has 0 radical (unpaired) electrons. The molecule has 1 aromatic carbocycles. The topological polar surface area (TPSA) is 76.4 Å². The van der Waals surface area contributed by atoms with Crippen LogP contribution < -0.4 is 10.6 Å². The fraction of sp³-hybridized carbons (Fsp3) is 0.333. The summed E-state index contributed by atoms with van der Waals surface area (Å²) < 4.78 is 10.7. The van der Waals surface area contributed by atoms with Crippen LogP contribution in [0.4, 0.5) is 5.69 Å². The van der Waals surface area contributed by atoms with E-state index in [1.807, 2.05) is 31.2 Å². The Kier molecular flexibility index (Phi) is 5.54. The van der Waals surface area contributed by atoms with Crippen molar-refractivity contribution in [2.45, 2.75) is 19.1 Å². The molecule has 0 aliphatic carbocycles. The Balaban J connectivity index is 0.00000176.